The van der Waals surface area contributed by atoms with Crippen molar-refractivity contribution in [2.24, 2.45) is 0 Å². The van der Waals surface area contributed by atoms with Crippen LogP contribution < -0.4 is 0 Å². The van der Waals surface area contributed by atoms with Gasteiger partial charge >= 0.3 is 0 Å². The van der Waals surface area contributed by atoms with Gasteiger partial charge in [0.15, 0.2) is 0 Å². The summed E-state index contributed by atoms with van der Waals surface area (Å²) >= 11 is 6.90. The Morgan fingerprint density at radius 2 is 1.60 bits per heavy atom. The number of rotatable bonds is 5. The lowest BCUT2D eigenvalue weighted by Gasteiger charge is -2.06. The van der Waals surface area contributed by atoms with E-state index in [4.69, 9.17) is 11.2 Å². The molecule has 0 bridgehead atoms. The maximum absolute atomic E-state index is 5.30. The fourth-order valence-electron chi connectivity index (χ4n) is 1.30. The molecule has 0 heterocycles. The van der Waals surface area contributed by atoms with Crippen LogP contribution in [0.15, 0.2) is 18.2 Å². The Bertz CT molecular complexity index is 333. The maximum atomic E-state index is 5.30. The summed E-state index contributed by atoms with van der Waals surface area (Å²) in [6.07, 6.45) is 5.11. The van der Waals surface area contributed by atoms with Crippen LogP contribution in [0.3, 0.4) is 0 Å². The van der Waals surface area contributed by atoms with Gasteiger partial charge in [0, 0.05) is 10.7 Å². The second-order valence-electron chi connectivity index (χ2n) is 3.12. The highest BCUT2D eigenvalue weighted by Crippen LogP contribution is 2.16. The van der Waals surface area contributed by atoms with Crippen LogP contribution >= 0.6 is 31.9 Å². The zero-order chi connectivity index (χ0) is 11.1. The van der Waals surface area contributed by atoms with E-state index in [1.54, 1.807) is 0 Å². The van der Waals surface area contributed by atoms with Gasteiger partial charge in [0.05, 0.1) is 6.61 Å². The van der Waals surface area contributed by atoms with Crippen LogP contribution in [-0.2, 0) is 22.0 Å². The summed E-state index contributed by atoms with van der Waals surface area (Å²) in [5.41, 5.74) is 3.68. The molecule has 0 unspecified atom stereocenters. The first-order valence-electron chi connectivity index (χ1n) is 4.55. The minimum absolute atomic E-state index is 0.363. The molecule has 80 valence electrons. The predicted molar refractivity (Wildman–Crippen MR) is 70.2 cm³/mol. The second-order valence-corrected chi connectivity index (χ2v) is 4.24. The van der Waals surface area contributed by atoms with Gasteiger partial charge in [-0.05, 0) is 16.7 Å². The van der Waals surface area contributed by atoms with Gasteiger partial charge in [-0.3, -0.25) is 0 Å². The zero-order valence-corrected chi connectivity index (χ0v) is 11.5. The lowest BCUT2D eigenvalue weighted by atomic mass is 10.1. The average Bonchev–Trinajstić information content (AvgIpc) is 2.29. The van der Waals surface area contributed by atoms with Crippen LogP contribution in [0.25, 0.3) is 0 Å². The molecule has 0 radical (unpaired) electrons. The van der Waals surface area contributed by atoms with E-state index in [9.17, 15) is 0 Å². The van der Waals surface area contributed by atoms with Gasteiger partial charge in [-0.2, -0.15) is 0 Å². The molecule has 0 spiro atoms. The van der Waals surface area contributed by atoms with Crippen molar-refractivity contribution in [2.45, 2.75) is 17.3 Å². The summed E-state index contributed by atoms with van der Waals surface area (Å²) in [4.78, 5) is 0. The fourth-order valence-corrected chi connectivity index (χ4v) is 1.95. The minimum atomic E-state index is 0.363. The highest BCUT2D eigenvalue weighted by atomic mass is 79.9. The number of hydrogen-bond donors (Lipinski definition) is 0. The van der Waals surface area contributed by atoms with Gasteiger partial charge in [-0.15, -0.1) is 6.42 Å². The standard InChI is InChI=1S/C12H12Br2O/c1-2-3-15-9-12-5-10(7-13)4-11(6-12)8-14/h1,4-6H,3,7-9H2. The van der Waals surface area contributed by atoms with Crippen LogP contribution in [0.2, 0.25) is 0 Å². The molecule has 15 heavy (non-hydrogen) atoms. The number of halogens is 2. The van der Waals surface area contributed by atoms with Crippen LogP contribution in [0.1, 0.15) is 16.7 Å². The van der Waals surface area contributed by atoms with Crippen molar-refractivity contribution in [3.63, 3.8) is 0 Å². The topological polar surface area (TPSA) is 9.23 Å². The van der Waals surface area contributed by atoms with E-state index in [-0.39, 0.29) is 0 Å². The van der Waals surface area contributed by atoms with Crippen molar-refractivity contribution >= 4 is 31.9 Å². The third-order valence-corrected chi connectivity index (χ3v) is 3.17. The summed E-state index contributed by atoms with van der Waals surface area (Å²) in [6.45, 7) is 0.938. The Balaban J connectivity index is 2.74. The summed E-state index contributed by atoms with van der Waals surface area (Å²) < 4.78 is 5.30. The molecule has 3 heteroatoms. The minimum Gasteiger partial charge on any atom is -0.364 e. The van der Waals surface area contributed by atoms with Crippen molar-refractivity contribution in [2.75, 3.05) is 6.61 Å². The lowest BCUT2D eigenvalue weighted by Crippen LogP contribution is -1.95. The molecular formula is C12H12Br2O. The molecule has 0 aliphatic heterocycles. The average molecular weight is 332 g/mol. The quantitative estimate of drug-likeness (QED) is 0.455. The van der Waals surface area contributed by atoms with Gasteiger partial charge in [0.1, 0.15) is 6.61 Å². The first-order valence-corrected chi connectivity index (χ1v) is 6.79. The molecule has 1 nitrogen and oxygen atoms in total. The molecule has 0 fully saturated rings. The van der Waals surface area contributed by atoms with E-state index in [1.807, 2.05) is 0 Å². The Hall–Kier alpha value is -0.300. The molecular weight excluding hydrogens is 320 g/mol. The number of benzene rings is 1. The van der Waals surface area contributed by atoms with Crippen molar-refractivity contribution in [1.29, 1.82) is 0 Å². The third kappa shape index (κ3) is 4.38. The molecule has 1 aromatic rings. The highest BCUT2D eigenvalue weighted by Gasteiger charge is 2.00. The largest absolute Gasteiger partial charge is 0.364 e. The summed E-state index contributed by atoms with van der Waals surface area (Å²) in [5, 5.41) is 1.71. The highest BCUT2D eigenvalue weighted by molar-refractivity contribution is 9.08. The molecule has 0 amide bonds. The van der Waals surface area contributed by atoms with E-state index in [0.29, 0.717) is 13.2 Å². The Morgan fingerprint density at radius 3 is 2.07 bits per heavy atom. The summed E-state index contributed by atoms with van der Waals surface area (Å²) in [7, 11) is 0. The molecule has 0 N–H and O–H groups in total. The van der Waals surface area contributed by atoms with Crippen LogP contribution in [0.5, 0.6) is 0 Å². The molecule has 0 saturated carbocycles. The normalized spacial score (nSPS) is 9.93. The van der Waals surface area contributed by atoms with Crippen LogP contribution in [0, 0.1) is 12.3 Å². The van der Waals surface area contributed by atoms with Gasteiger partial charge in [0.2, 0.25) is 0 Å². The van der Waals surface area contributed by atoms with Crippen molar-refractivity contribution in [3.05, 3.63) is 34.9 Å². The van der Waals surface area contributed by atoms with E-state index < -0.39 is 0 Å². The van der Waals surface area contributed by atoms with Gasteiger partial charge < -0.3 is 4.74 Å². The smallest absolute Gasteiger partial charge is 0.107 e. The SMILES string of the molecule is C#CCOCc1cc(CBr)cc(CBr)c1. The molecule has 0 aromatic heterocycles. The second kappa shape index (κ2) is 7.05. The number of alkyl halides is 2. The van der Waals surface area contributed by atoms with Gasteiger partial charge in [-0.25, -0.2) is 0 Å². The maximum Gasteiger partial charge on any atom is 0.107 e. The van der Waals surface area contributed by atoms with Crippen LogP contribution in [0.4, 0.5) is 0 Å². The molecule has 0 aliphatic carbocycles. The molecule has 1 aromatic carbocycles. The fraction of sp³-hybridized carbons (Fsp3) is 0.333. The number of terminal acetylenes is 1. The first kappa shape index (κ1) is 12.8. The van der Waals surface area contributed by atoms with Crippen molar-refractivity contribution < 1.29 is 4.74 Å². The predicted octanol–water partition coefficient (Wildman–Crippen LogP) is 3.63. The molecule has 0 saturated heterocycles. The summed E-state index contributed by atoms with van der Waals surface area (Å²) in [6, 6.07) is 6.41. The van der Waals surface area contributed by atoms with Crippen molar-refractivity contribution in [3.8, 4) is 12.3 Å². The van der Waals surface area contributed by atoms with E-state index in [1.165, 1.54) is 11.1 Å². The molecule has 1 rings (SSSR count). The van der Waals surface area contributed by atoms with Crippen LogP contribution in [-0.4, -0.2) is 6.61 Å². The lowest BCUT2D eigenvalue weighted by molar-refractivity contribution is 0.153. The zero-order valence-electron chi connectivity index (χ0n) is 8.30. The third-order valence-electron chi connectivity index (χ3n) is 1.88. The Morgan fingerprint density at radius 1 is 1.07 bits per heavy atom. The van der Waals surface area contributed by atoms with Gasteiger partial charge in [0.25, 0.3) is 0 Å². The Labute approximate surface area is 107 Å². The molecule has 0 aliphatic rings. The van der Waals surface area contributed by atoms with E-state index in [0.717, 1.165) is 16.2 Å². The number of hydrogen-bond acceptors (Lipinski definition) is 1. The number of ether oxygens (including phenoxy) is 1. The first-order chi connectivity index (χ1) is 7.30. The summed E-state index contributed by atoms with van der Waals surface area (Å²) in [5.74, 6) is 2.45. The van der Waals surface area contributed by atoms with E-state index >= 15 is 0 Å². The van der Waals surface area contributed by atoms with Gasteiger partial charge in [-0.1, -0.05) is 56.0 Å². The monoisotopic (exact) mass is 330 g/mol. The van der Waals surface area contributed by atoms with E-state index in [2.05, 4.69) is 56.0 Å². The molecule has 0 atom stereocenters. The van der Waals surface area contributed by atoms with Crippen molar-refractivity contribution in [1.82, 2.24) is 0 Å². The Kier molecular flexibility index (Phi) is 6.00.